The van der Waals surface area contributed by atoms with Crippen LogP contribution in [0.2, 0.25) is 0 Å². The smallest absolute Gasteiger partial charge is 0.0181 e. The predicted molar refractivity (Wildman–Crippen MR) is 79.8 cm³/mol. The second-order valence-corrected chi connectivity index (χ2v) is 4.19. The van der Waals surface area contributed by atoms with Crippen LogP contribution in [0.4, 0.5) is 0 Å². The molecule has 0 aliphatic carbocycles. The summed E-state index contributed by atoms with van der Waals surface area (Å²) in [6.07, 6.45) is 1.12. The topological polar surface area (TPSA) is 0 Å². The third-order valence-electron chi connectivity index (χ3n) is 2.89. The normalized spacial score (nSPS) is 9.61. The van der Waals surface area contributed by atoms with Gasteiger partial charge in [0.05, 0.1) is 0 Å². The van der Waals surface area contributed by atoms with Crippen molar-refractivity contribution in [3.05, 3.63) is 84.4 Å². The van der Waals surface area contributed by atoms with E-state index >= 15 is 0 Å². The molecule has 0 spiro atoms. The van der Waals surface area contributed by atoms with E-state index in [0.29, 0.717) is 0 Å². The lowest BCUT2D eigenvalue weighted by molar-refractivity contribution is 1.15. The van der Waals surface area contributed by atoms with Crippen LogP contribution in [0.15, 0.2) is 78.9 Å². The first-order chi connectivity index (χ1) is 8.90. The number of hydrogen-bond acceptors (Lipinski definition) is 0. The number of rotatable bonds is 1. The SMILES string of the molecule is CCc1ccc2ccccc2c1.c1ccccc1. The molecule has 3 aromatic carbocycles. The first kappa shape index (κ1) is 12.4. The summed E-state index contributed by atoms with van der Waals surface area (Å²) in [5, 5.41) is 2.67. The van der Waals surface area contributed by atoms with E-state index in [0.717, 1.165) is 6.42 Å². The van der Waals surface area contributed by atoms with E-state index in [-0.39, 0.29) is 0 Å². The third-order valence-corrected chi connectivity index (χ3v) is 2.89. The Balaban J connectivity index is 0.000000169. The van der Waals surface area contributed by atoms with Crippen LogP contribution in [0, 0.1) is 0 Å². The Morgan fingerprint density at radius 1 is 0.611 bits per heavy atom. The van der Waals surface area contributed by atoms with E-state index in [9.17, 15) is 0 Å². The lowest BCUT2D eigenvalue weighted by Crippen LogP contribution is -1.79. The minimum Gasteiger partial charge on any atom is -0.0623 e. The molecule has 0 nitrogen and oxygen atoms in total. The Hall–Kier alpha value is -2.08. The van der Waals surface area contributed by atoms with Crippen molar-refractivity contribution in [2.24, 2.45) is 0 Å². The summed E-state index contributed by atoms with van der Waals surface area (Å²) in [7, 11) is 0. The predicted octanol–water partition coefficient (Wildman–Crippen LogP) is 5.09. The van der Waals surface area contributed by atoms with Gasteiger partial charge in [0, 0.05) is 0 Å². The van der Waals surface area contributed by atoms with Crippen molar-refractivity contribution in [3.63, 3.8) is 0 Å². The van der Waals surface area contributed by atoms with Gasteiger partial charge in [0.25, 0.3) is 0 Å². The molecule has 0 aliphatic rings. The molecule has 0 aromatic heterocycles. The largest absolute Gasteiger partial charge is 0.0623 e. The summed E-state index contributed by atoms with van der Waals surface area (Å²) in [6, 6.07) is 27.1. The zero-order chi connectivity index (χ0) is 12.6. The van der Waals surface area contributed by atoms with Crippen molar-refractivity contribution in [1.82, 2.24) is 0 Å². The van der Waals surface area contributed by atoms with Gasteiger partial charge in [-0.25, -0.2) is 0 Å². The van der Waals surface area contributed by atoms with Crippen LogP contribution in [-0.2, 0) is 6.42 Å². The fourth-order valence-corrected chi connectivity index (χ4v) is 1.84. The zero-order valence-corrected chi connectivity index (χ0v) is 10.7. The van der Waals surface area contributed by atoms with Crippen LogP contribution in [0.25, 0.3) is 10.8 Å². The highest BCUT2D eigenvalue weighted by Gasteiger charge is 1.92. The van der Waals surface area contributed by atoms with Gasteiger partial charge in [-0.05, 0) is 22.8 Å². The van der Waals surface area contributed by atoms with E-state index in [2.05, 4.69) is 49.4 Å². The molecular formula is C18H18. The molecular weight excluding hydrogens is 216 g/mol. The molecule has 0 radical (unpaired) electrons. The summed E-state index contributed by atoms with van der Waals surface area (Å²) < 4.78 is 0. The second-order valence-electron chi connectivity index (χ2n) is 4.19. The van der Waals surface area contributed by atoms with Crippen LogP contribution in [0.3, 0.4) is 0 Å². The summed E-state index contributed by atoms with van der Waals surface area (Å²) in [5.41, 5.74) is 1.41. The number of aryl methyl sites for hydroxylation is 1. The molecule has 0 N–H and O–H groups in total. The molecule has 0 saturated heterocycles. The molecule has 0 amide bonds. The van der Waals surface area contributed by atoms with Gasteiger partial charge in [0.2, 0.25) is 0 Å². The Morgan fingerprint density at radius 2 is 1.17 bits per heavy atom. The highest BCUT2D eigenvalue weighted by Crippen LogP contribution is 2.15. The van der Waals surface area contributed by atoms with Gasteiger partial charge in [0.15, 0.2) is 0 Å². The summed E-state index contributed by atoms with van der Waals surface area (Å²) >= 11 is 0. The van der Waals surface area contributed by atoms with Crippen LogP contribution < -0.4 is 0 Å². The lowest BCUT2D eigenvalue weighted by atomic mass is 10.1. The summed E-state index contributed by atoms with van der Waals surface area (Å²) in [5.74, 6) is 0. The molecule has 0 heterocycles. The summed E-state index contributed by atoms with van der Waals surface area (Å²) in [6.45, 7) is 2.18. The molecule has 0 bridgehead atoms. The zero-order valence-electron chi connectivity index (χ0n) is 10.7. The molecule has 18 heavy (non-hydrogen) atoms. The molecule has 0 atom stereocenters. The Kier molecular flexibility index (Phi) is 4.54. The van der Waals surface area contributed by atoms with Gasteiger partial charge < -0.3 is 0 Å². The van der Waals surface area contributed by atoms with Crippen molar-refractivity contribution in [3.8, 4) is 0 Å². The third kappa shape index (κ3) is 3.46. The maximum Gasteiger partial charge on any atom is -0.0181 e. The van der Waals surface area contributed by atoms with E-state index in [4.69, 9.17) is 0 Å². The van der Waals surface area contributed by atoms with Gasteiger partial charge in [-0.3, -0.25) is 0 Å². The molecule has 0 unspecified atom stereocenters. The fraction of sp³-hybridized carbons (Fsp3) is 0.111. The Labute approximate surface area is 109 Å². The van der Waals surface area contributed by atoms with Gasteiger partial charge >= 0.3 is 0 Å². The average molecular weight is 234 g/mol. The molecule has 90 valence electrons. The lowest BCUT2D eigenvalue weighted by Gasteiger charge is -1.99. The van der Waals surface area contributed by atoms with Crippen LogP contribution >= 0.6 is 0 Å². The highest BCUT2D eigenvalue weighted by atomic mass is 14.0. The van der Waals surface area contributed by atoms with Crippen molar-refractivity contribution in [1.29, 1.82) is 0 Å². The van der Waals surface area contributed by atoms with E-state index in [1.54, 1.807) is 0 Å². The van der Waals surface area contributed by atoms with Crippen molar-refractivity contribution >= 4 is 10.8 Å². The number of benzene rings is 3. The van der Waals surface area contributed by atoms with Crippen LogP contribution in [0.5, 0.6) is 0 Å². The highest BCUT2D eigenvalue weighted by molar-refractivity contribution is 5.82. The molecule has 0 aliphatic heterocycles. The van der Waals surface area contributed by atoms with Crippen molar-refractivity contribution < 1.29 is 0 Å². The summed E-state index contributed by atoms with van der Waals surface area (Å²) in [4.78, 5) is 0. The van der Waals surface area contributed by atoms with E-state index in [1.807, 2.05) is 36.4 Å². The molecule has 0 heteroatoms. The van der Waals surface area contributed by atoms with Crippen molar-refractivity contribution in [2.45, 2.75) is 13.3 Å². The maximum atomic E-state index is 2.26. The fourth-order valence-electron chi connectivity index (χ4n) is 1.84. The Bertz CT molecular complexity index is 555. The standard InChI is InChI=1S/C12H12.C6H6/c1-2-10-7-8-11-5-3-4-6-12(11)9-10;1-2-4-6-5-3-1/h3-9H,2H2,1H3;1-6H. The molecule has 3 aromatic rings. The first-order valence-electron chi connectivity index (χ1n) is 6.38. The van der Waals surface area contributed by atoms with Crippen LogP contribution in [-0.4, -0.2) is 0 Å². The number of hydrogen-bond donors (Lipinski definition) is 0. The monoisotopic (exact) mass is 234 g/mol. The first-order valence-corrected chi connectivity index (χ1v) is 6.38. The molecule has 3 rings (SSSR count). The van der Waals surface area contributed by atoms with Crippen molar-refractivity contribution in [2.75, 3.05) is 0 Å². The van der Waals surface area contributed by atoms with E-state index < -0.39 is 0 Å². The minimum atomic E-state index is 1.12. The molecule has 0 saturated carbocycles. The minimum absolute atomic E-state index is 1.12. The van der Waals surface area contributed by atoms with Gasteiger partial charge in [0.1, 0.15) is 0 Å². The second kappa shape index (κ2) is 6.61. The quantitative estimate of drug-likeness (QED) is 0.550. The van der Waals surface area contributed by atoms with E-state index in [1.165, 1.54) is 16.3 Å². The average Bonchev–Trinajstić information content (AvgIpc) is 2.49. The Morgan fingerprint density at radius 3 is 1.72 bits per heavy atom. The number of fused-ring (bicyclic) bond motifs is 1. The van der Waals surface area contributed by atoms with Gasteiger partial charge in [-0.1, -0.05) is 85.8 Å². The van der Waals surface area contributed by atoms with Gasteiger partial charge in [-0.2, -0.15) is 0 Å². The molecule has 0 fully saturated rings. The van der Waals surface area contributed by atoms with Gasteiger partial charge in [-0.15, -0.1) is 0 Å². The van der Waals surface area contributed by atoms with Crippen LogP contribution in [0.1, 0.15) is 12.5 Å². The maximum absolute atomic E-state index is 2.26.